The minimum absolute atomic E-state index is 0.00546. The molecule has 1 aromatic carbocycles. The first-order valence-corrected chi connectivity index (χ1v) is 12.8. The molecule has 12 nitrogen and oxygen atoms in total. The van der Waals surface area contributed by atoms with E-state index >= 15 is 0 Å². The Kier molecular flexibility index (Phi) is 11.0. The lowest BCUT2D eigenvalue weighted by Crippen LogP contribution is -2.57. The van der Waals surface area contributed by atoms with Gasteiger partial charge in [0.25, 0.3) is 0 Å². The highest BCUT2D eigenvalue weighted by atomic mass is 32.2. The van der Waals surface area contributed by atoms with Gasteiger partial charge in [0.1, 0.15) is 23.9 Å². The largest absolute Gasteiger partial charge is 0.508 e. The van der Waals surface area contributed by atoms with Crippen molar-refractivity contribution in [2.45, 2.75) is 56.3 Å². The van der Waals surface area contributed by atoms with E-state index in [-0.39, 0.29) is 18.1 Å². The second-order valence-electron chi connectivity index (χ2n) is 8.51. The van der Waals surface area contributed by atoms with Gasteiger partial charge in [-0.1, -0.05) is 12.1 Å². The fourth-order valence-corrected chi connectivity index (χ4v) is 4.37. The van der Waals surface area contributed by atoms with Crippen LogP contribution in [0.4, 0.5) is 0 Å². The number of hydrogen-bond acceptors (Lipinski definition) is 8. The Labute approximate surface area is 212 Å². The second kappa shape index (κ2) is 13.7. The van der Waals surface area contributed by atoms with Gasteiger partial charge < -0.3 is 36.6 Å². The summed E-state index contributed by atoms with van der Waals surface area (Å²) in [7, 11) is 0. The number of aromatic hydroxyl groups is 1. The van der Waals surface area contributed by atoms with E-state index in [0.29, 0.717) is 37.1 Å². The minimum Gasteiger partial charge on any atom is -0.508 e. The van der Waals surface area contributed by atoms with Gasteiger partial charge in [-0.25, -0.2) is 4.79 Å². The number of amides is 3. The lowest BCUT2D eigenvalue weighted by atomic mass is 10.0. The topological polar surface area (TPSA) is 199 Å². The van der Waals surface area contributed by atoms with Crippen molar-refractivity contribution in [1.82, 2.24) is 15.5 Å². The van der Waals surface area contributed by atoms with Crippen LogP contribution in [0.25, 0.3) is 0 Å². The van der Waals surface area contributed by atoms with E-state index in [0.717, 1.165) is 0 Å². The van der Waals surface area contributed by atoms with Crippen LogP contribution < -0.4 is 16.4 Å². The normalized spacial score (nSPS) is 17.6. The summed E-state index contributed by atoms with van der Waals surface area (Å²) in [5, 5.41) is 32.5. The fourth-order valence-electron chi connectivity index (χ4n) is 3.88. The van der Waals surface area contributed by atoms with Crippen LogP contribution in [0.3, 0.4) is 0 Å². The summed E-state index contributed by atoms with van der Waals surface area (Å²) in [4.78, 5) is 62.8. The number of phenols is 1. The van der Waals surface area contributed by atoms with Crippen LogP contribution in [-0.2, 0) is 30.4 Å². The predicted molar refractivity (Wildman–Crippen MR) is 131 cm³/mol. The lowest BCUT2D eigenvalue weighted by molar-refractivity contribution is -0.147. The standard InChI is InChI=1S/C23H32N4O8S/c1-36-10-8-15(24)22(33)27-9-2-3-18(27)21(32)25-16(11-13-4-6-14(28)7-5-13)20(31)26-17(23(34)35)12-19(29)30/h4-7,15-18,28H,2-3,8-12,24H2,1H3,(H,25,32)(H,26,31)(H,29,30)(H,34,35). The number of carbonyl (C=O) groups excluding carboxylic acids is 3. The van der Waals surface area contributed by atoms with Crippen molar-refractivity contribution < 1.29 is 39.3 Å². The number of rotatable bonds is 13. The molecule has 13 heteroatoms. The van der Waals surface area contributed by atoms with E-state index in [1.54, 1.807) is 11.8 Å². The zero-order valence-electron chi connectivity index (χ0n) is 19.9. The van der Waals surface area contributed by atoms with E-state index in [1.807, 2.05) is 6.26 Å². The van der Waals surface area contributed by atoms with E-state index < -0.39 is 54.3 Å². The molecule has 0 spiro atoms. The minimum atomic E-state index is -1.70. The fraction of sp³-hybridized carbons (Fsp3) is 0.522. The molecule has 36 heavy (non-hydrogen) atoms. The number of benzene rings is 1. The predicted octanol–water partition coefficient (Wildman–Crippen LogP) is -0.465. The van der Waals surface area contributed by atoms with Gasteiger partial charge in [0.05, 0.1) is 12.5 Å². The summed E-state index contributed by atoms with van der Waals surface area (Å²) in [6.45, 7) is 0.346. The Hall–Kier alpha value is -3.32. The highest BCUT2D eigenvalue weighted by Crippen LogP contribution is 2.20. The summed E-state index contributed by atoms with van der Waals surface area (Å²) in [5.74, 6) is -4.11. The van der Waals surface area contributed by atoms with Gasteiger partial charge in [0.15, 0.2) is 0 Å². The average Bonchev–Trinajstić information content (AvgIpc) is 3.32. The molecule has 0 bridgehead atoms. The van der Waals surface area contributed by atoms with Crippen molar-refractivity contribution in [1.29, 1.82) is 0 Å². The van der Waals surface area contributed by atoms with E-state index in [2.05, 4.69) is 10.6 Å². The van der Waals surface area contributed by atoms with Crippen molar-refractivity contribution in [3.63, 3.8) is 0 Å². The third-order valence-corrected chi connectivity index (χ3v) is 6.44. The highest BCUT2D eigenvalue weighted by molar-refractivity contribution is 7.98. The molecule has 0 aromatic heterocycles. The second-order valence-corrected chi connectivity index (χ2v) is 9.49. The first-order valence-electron chi connectivity index (χ1n) is 11.4. The Bertz CT molecular complexity index is 958. The van der Waals surface area contributed by atoms with Crippen LogP contribution in [-0.4, -0.2) is 92.6 Å². The lowest BCUT2D eigenvalue weighted by Gasteiger charge is -2.28. The molecule has 0 aliphatic carbocycles. The number of nitrogens with one attached hydrogen (secondary N) is 2. The molecule has 0 radical (unpaired) electrons. The summed E-state index contributed by atoms with van der Waals surface area (Å²) >= 11 is 1.55. The third kappa shape index (κ3) is 8.41. The summed E-state index contributed by atoms with van der Waals surface area (Å²) in [5.41, 5.74) is 6.56. The number of carbonyl (C=O) groups is 5. The quantitative estimate of drug-likeness (QED) is 0.196. The Morgan fingerprint density at radius 2 is 1.78 bits per heavy atom. The first kappa shape index (κ1) is 28.9. The average molecular weight is 525 g/mol. The summed E-state index contributed by atoms with van der Waals surface area (Å²) < 4.78 is 0. The van der Waals surface area contributed by atoms with Gasteiger partial charge in [0.2, 0.25) is 17.7 Å². The van der Waals surface area contributed by atoms with Crippen LogP contribution in [0, 0.1) is 0 Å². The molecule has 1 aliphatic rings. The molecule has 1 aromatic rings. The number of aliphatic carboxylic acids is 2. The Balaban J connectivity index is 2.20. The number of nitrogens with two attached hydrogens (primary N) is 1. The molecule has 0 saturated carbocycles. The zero-order valence-corrected chi connectivity index (χ0v) is 20.7. The monoisotopic (exact) mass is 524 g/mol. The molecule has 2 rings (SSSR count). The van der Waals surface area contributed by atoms with Crippen LogP contribution in [0.1, 0.15) is 31.2 Å². The highest BCUT2D eigenvalue weighted by Gasteiger charge is 2.38. The molecule has 1 fully saturated rings. The molecule has 7 N–H and O–H groups in total. The van der Waals surface area contributed by atoms with Gasteiger partial charge in [-0.3, -0.25) is 19.2 Å². The number of carboxylic acids is 2. The smallest absolute Gasteiger partial charge is 0.326 e. The van der Waals surface area contributed by atoms with E-state index in [4.69, 9.17) is 10.8 Å². The SMILES string of the molecule is CSCCC(N)C(=O)N1CCCC1C(=O)NC(Cc1ccc(O)cc1)C(=O)NC(CC(=O)O)C(=O)O. The van der Waals surface area contributed by atoms with Gasteiger partial charge in [-0.2, -0.15) is 11.8 Å². The maximum Gasteiger partial charge on any atom is 0.326 e. The van der Waals surface area contributed by atoms with Crippen LogP contribution in [0.5, 0.6) is 5.75 Å². The molecule has 1 heterocycles. The number of thioether (sulfide) groups is 1. The molecule has 3 amide bonds. The molecule has 4 unspecified atom stereocenters. The maximum absolute atomic E-state index is 13.2. The first-order chi connectivity index (χ1) is 17.0. The summed E-state index contributed by atoms with van der Waals surface area (Å²) in [6.07, 6.45) is 2.39. The van der Waals surface area contributed by atoms with Gasteiger partial charge >= 0.3 is 11.9 Å². The van der Waals surface area contributed by atoms with Crippen molar-refractivity contribution in [3.8, 4) is 5.75 Å². The van der Waals surface area contributed by atoms with Crippen molar-refractivity contribution in [3.05, 3.63) is 29.8 Å². The number of phenolic OH excluding ortho intramolecular Hbond substituents is 1. The van der Waals surface area contributed by atoms with Crippen molar-refractivity contribution in [2.75, 3.05) is 18.6 Å². The molecular weight excluding hydrogens is 492 g/mol. The van der Waals surface area contributed by atoms with Gasteiger partial charge in [0, 0.05) is 13.0 Å². The van der Waals surface area contributed by atoms with Crippen molar-refractivity contribution in [2.24, 2.45) is 5.73 Å². The van der Waals surface area contributed by atoms with Crippen LogP contribution in [0.2, 0.25) is 0 Å². The molecule has 4 atom stereocenters. The summed E-state index contributed by atoms with van der Waals surface area (Å²) in [6, 6.07) is 1.28. The van der Waals surface area contributed by atoms with Crippen LogP contribution >= 0.6 is 11.8 Å². The van der Waals surface area contributed by atoms with E-state index in [9.17, 15) is 34.2 Å². The molecule has 1 aliphatic heterocycles. The zero-order chi connectivity index (χ0) is 26.8. The molecular formula is C23H32N4O8S. The third-order valence-electron chi connectivity index (χ3n) is 5.79. The van der Waals surface area contributed by atoms with E-state index in [1.165, 1.54) is 29.2 Å². The molecule has 198 valence electrons. The number of nitrogens with zero attached hydrogens (tertiary/aromatic N) is 1. The van der Waals surface area contributed by atoms with Gasteiger partial charge in [-0.05, 0) is 49.0 Å². The number of carboxylic acid groups (broad SMARTS) is 2. The van der Waals surface area contributed by atoms with Crippen LogP contribution in [0.15, 0.2) is 24.3 Å². The van der Waals surface area contributed by atoms with Gasteiger partial charge in [-0.15, -0.1) is 0 Å². The Morgan fingerprint density at radius 1 is 1.11 bits per heavy atom. The van der Waals surface area contributed by atoms with Crippen molar-refractivity contribution >= 4 is 41.4 Å². The number of likely N-dealkylation sites (tertiary alicyclic amines) is 1. The Morgan fingerprint density at radius 3 is 2.36 bits per heavy atom. The number of hydrogen-bond donors (Lipinski definition) is 6. The molecule has 1 saturated heterocycles. The maximum atomic E-state index is 13.2.